The summed E-state index contributed by atoms with van der Waals surface area (Å²) in [4.78, 5) is 12.2. The van der Waals surface area contributed by atoms with Crippen LogP contribution in [0.5, 0.6) is 0 Å². The highest BCUT2D eigenvalue weighted by Crippen LogP contribution is 2.38. The van der Waals surface area contributed by atoms with Crippen LogP contribution in [0.2, 0.25) is 5.15 Å². The first-order valence-corrected chi connectivity index (χ1v) is 9.35. The fraction of sp³-hybridized carbons (Fsp3) is 0.389. The average Bonchev–Trinajstić information content (AvgIpc) is 3.22. The van der Waals surface area contributed by atoms with E-state index >= 15 is 0 Å². The van der Waals surface area contributed by atoms with Gasteiger partial charge in [0, 0.05) is 17.9 Å². The van der Waals surface area contributed by atoms with Crippen molar-refractivity contribution in [2.45, 2.75) is 31.3 Å². The van der Waals surface area contributed by atoms with Crippen molar-refractivity contribution in [1.29, 1.82) is 0 Å². The number of hydrogen-bond donors (Lipinski definition) is 6. The van der Waals surface area contributed by atoms with Gasteiger partial charge in [0.25, 0.3) is 0 Å². The van der Waals surface area contributed by atoms with Gasteiger partial charge in [-0.05, 0) is 18.6 Å². The van der Waals surface area contributed by atoms with E-state index in [1.807, 2.05) is 0 Å². The molecule has 29 heavy (non-hydrogen) atoms. The highest BCUT2D eigenvalue weighted by Gasteiger charge is 2.41. The summed E-state index contributed by atoms with van der Waals surface area (Å²) in [6.45, 7) is -0.456. The first-order valence-electron chi connectivity index (χ1n) is 8.97. The van der Waals surface area contributed by atoms with Crippen LogP contribution in [0.3, 0.4) is 0 Å². The Morgan fingerprint density at radius 3 is 2.69 bits per heavy atom. The molecule has 0 bridgehead atoms. The zero-order valence-corrected chi connectivity index (χ0v) is 15.9. The monoisotopic (exact) mass is 421 g/mol. The van der Waals surface area contributed by atoms with Crippen LogP contribution >= 0.6 is 11.6 Å². The molecule has 10 nitrogen and oxygen atoms in total. The van der Waals surface area contributed by atoms with Gasteiger partial charge in [0.2, 0.25) is 5.95 Å². The minimum atomic E-state index is -1.11. The topological polar surface area (TPSA) is 171 Å². The van der Waals surface area contributed by atoms with Gasteiger partial charge in [-0.2, -0.15) is 4.98 Å². The highest BCUT2D eigenvalue weighted by molar-refractivity contribution is 6.32. The molecule has 1 fully saturated rings. The number of aliphatic hydroxyl groups excluding tert-OH is 4. The lowest BCUT2D eigenvalue weighted by Gasteiger charge is -2.20. The van der Waals surface area contributed by atoms with Crippen molar-refractivity contribution in [1.82, 2.24) is 15.0 Å². The van der Waals surface area contributed by atoms with Gasteiger partial charge in [0.1, 0.15) is 22.8 Å². The molecule has 0 spiro atoms. The highest BCUT2D eigenvalue weighted by atomic mass is 35.5. The van der Waals surface area contributed by atoms with Crippen molar-refractivity contribution in [2.24, 2.45) is 5.92 Å². The molecule has 0 radical (unpaired) electrons. The number of aliphatic hydroxyl groups is 4. The Morgan fingerprint density at radius 1 is 1.21 bits per heavy atom. The third-order valence-corrected chi connectivity index (χ3v) is 5.38. The van der Waals surface area contributed by atoms with E-state index in [9.17, 15) is 20.4 Å². The van der Waals surface area contributed by atoms with Gasteiger partial charge in [-0.1, -0.05) is 11.6 Å². The molecular weight excluding hydrogens is 402 g/mol. The maximum Gasteiger partial charge on any atom is 0.223 e. The van der Waals surface area contributed by atoms with Gasteiger partial charge >= 0.3 is 0 Å². The number of pyridine rings is 1. The molecule has 11 heteroatoms. The summed E-state index contributed by atoms with van der Waals surface area (Å²) in [5.41, 5.74) is 7.04. The Kier molecular flexibility index (Phi) is 5.28. The third kappa shape index (κ3) is 3.61. The number of anilines is 2. The fourth-order valence-electron chi connectivity index (χ4n) is 3.60. The lowest BCUT2D eigenvalue weighted by molar-refractivity contribution is 0.00446. The summed E-state index contributed by atoms with van der Waals surface area (Å²) in [6.07, 6.45) is -0.359. The Labute approximate surface area is 170 Å². The van der Waals surface area contributed by atoms with Crippen LogP contribution in [-0.4, -0.2) is 60.2 Å². The molecule has 1 saturated carbocycles. The number of halogens is 1. The third-order valence-electron chi connectivity index (χ3n) is 5.11. The Hall–Kier alpha value is -2.50. The predicted octanol–water partition coefficient (Wildman–Crippen LogP) is 0.527. The van der Waals surface area contributed by atoms with Crippen LogP contribution in [0, 0.1) is 5.92 Å². The summed E-state index contributed by atoms with van der Waals surface area (Å²) in [6, 6.07) is 2.81. The van der Waals surface area contributed by atoms with Gasteiger partial charge in [0.15, 0.2) is 5.58 Å². The van der Waals surface area contributed by atoms with Crippen molar-refractivity contribution in [2.75, 3.05) is 17.7 Å². The van der Waals surface area contributed by atoms with Crippen molar-refractivity contribution in [3.8, 4) is 11.3 Å². The van der Waals surface area contributed by atoms with Crippen molar-refractivity contribution >= 4 is 34.3 Å². The number of rotatable bonds is 5. The minimum Gasteiger partial charge on any atom is -0.454 e. The van der Waals surface area contributed by atoms with E-state index in [2.05, 4.69) is 20.3 Å². The molecule has 0 unspecified atom stereocenters. The first kappa shape index (κ1) is 19.8. The quantitative estimate of drug-likeness (QED) is 0.319. The van der Waals surface area contributed by atoms with Gasteiger partial charge in [0.05, 0.1) is 36.2 Å². The second kappa shape index (κ2) is 7.73. The first-order chi connectivity index (χ1) is 13.9. The number of nitrogen functional groups attached to an aromatic ring is 1. The van der Waals surface area contributed by atoms with Gasteiger partial charge in [-0.25, -0.2) is 4.98 Å². The number of nitrogens with zero attached hydrogens (tertiary/aromatic N) is 3. The smallest absolute Gasteiger partial charge is 0.223 e. The van der Waals surface area contributed by atoms with Gasteiger partial charge in [-0.15, -0.1) is 0 Å². The number of aromatic nitrogens is 3. The van der Waals surface area contributed by atoms with Gasteiger partial charge in [-0.3, -0.25) is 4.98 Å². The summed E-state index contributed by atoms with van der Waals surface area (Å²) >= 11 is 6.32. The molecular formula is C18H20ClN5O5. The molecule has 3 heterocycles. The standard InChI is InChI=1S/C18H20ClN5O5/c19-16-13(11-3-7-1-9(6-26)21-4-12(7)29-11)17(24-18(20)23-16)22-10-2-8(5-25)14(27)15(10)28/h1,3-4,8,10,14-15,25-28H,2,5-6H2,(H3,20,22,23,24)/t8-,10-,14-,15+/m1/s1. The van der Waals surface area contributed by atoms with E-state index in [0.29, 0.717) is 34.4 Å². The molecule has 1 aliphatic carbocycles. The SMILES string of the molecule is Nc1nc(Cl)c(-c2cc3cc(CO)ncc3o2)c(N[C@@H]2C[C@H](CO)[C@@H](O)[C@H]2O)n1. The maximum absolute atomic E-state index is 10.3. The summed E-state index contributed by atoms with van der Waals surface area (Å²) in [7, 11) is 0. The molecule has 1 aliphatic rings. The maximum atomic E-state index is 10.3. The van der Waals surface area contributed by atoms with Crippen LogP contribution in [0.25, 0.3) is 22.3 Å². The Bertz CT molecular complexity index is 1040. The second-order valence-electron chi connectivity index (χ2n) is 6.99. The summed E-state index contributed by atoms with van der Waals surface area (Å²) < 4.78 is 5.83. The normalized spacial score (nSPS) is 24.3. The largest absolute Gasteiger partial charge is 0.454 e. The number of fused-ring (bicyclic) bond motifs is 1. The average molecular weight is 422 g/mol. The van der Waals surface area contributed by atoms with Crippen LogP contribution < -0.4 is 11.1 Å². The molecule has 7 N–H and O–H groups in total. The number of hydrogen-bond acceptors (Lipinski definition) is 10. The molecule has 0 saturated heterocycles. The zero-order valence-electron chi connectivity index (χ0n) is 15.2. The van der Waals surface area contributed by atoms with E-state index in [0.717, 1.165) is 0 Å². The zero-order chi connectivity index (χ0) is 20.7. The molecule has 0 aliphatic heterocycles. The second-order valence-corrected chi connectivity index (χ2v) is 7.35. The number of nitrogens with one attached hydrogen (secondary N) is 1. The van der Waals surface area contributed by atoms with Gasteiger partial charge < -0.3 is 35.9 Å². The molecule has 0 amide bonds. The Balaban J connectivity index is 1.75. The fourth-order valence-corrected chi connectivity index (χ4v) is 3.87. The molecule has 4 rings (SSSR count). The molecule has 0 aromatic carbocycles. The van der Waals surface area contributed by atoms with Crippen LogP contribution in [0.15, 0.2) is 22.7 Å². The van der Waals surface area contributed by atoms with Crippen LogP contribution in [0.1, 0.15) is 12.1 Å². The lowest BCUT2D eigenvalue weighted by Crippen LogP contribution is -2.35. The number of furan rings is 1. The van der Waals surface area contributed by atoms with E-state index in [4.69, 9.17) is 21.8 Å². The number of nitrogens with two attached hydrogens (primary N) is 1. The lowest BCUT2D eigenvalue weighted by atomic mass is 10.1. The van der Waals surface area contributed by atoms with E-state index in [1.165, 1.54) is 6.20 Å². The predicted molar refractivity (Wildman–Crippen MR) is 105 cm³/mol. The van der Waals surface area contributed by atoms with E-state index in [1.54, 1.807) is 12.1 Å². The van der Waals surface area contributed by atoms with E-state index in [-0.39, 0.29) is 30.1 Å². The molecule has 3 aromatic rings. The minimum absolute atomic E-state index is 0.0427. The molecule has 3 aromatic heterocycles. The summed E-state index contributed by atoms with van der Waals surface area (Å²) in [5, 5.41) is 42.8. The van der Waals surface area contributed by atoms with E-state index < -0.39 is 24.2 Å². The van der Waals surface area contributed by atoms with Crippen molar-refractivity contribution in [3.05, 3.63) is 29.2 Å². The van der Waals surface area contributed by atoms with Crippen molar-refractivity contribution < 1.29 is 24.8 Å². The Morgan fingerprint density at radius 2 is 2.00 bits per heavy atom. The molecule has 4 atom stereocenters. The van der Waals surface area contributed by atoms with Crippen LogP contribution in [0.4, 0.5) is 11.8 Å². The van der Waals surface area contributed by atoms with Crippen LogP contribution in [-0.2, 0) is 6.61 Å². The van der Waals surface area contributed by atoms with Crippen molar-refractivity contribution in [3.63, 3.8) is 0 Å². The summed E-state index contributed by atoms with van der Waals surface area (Å²) in [5.74, 6) is 0.0333. The molecule has 154 valence electrons.